The van der Waals surface area contributed by atoms with Crippen molar-refractivity contribution in [2.24, 2.45) is 0 Å². The molecule has 0 aliphatic rings. The van der Waals surface area contributed by atoms with Gasteiger partial charge >= 0.3 is 6.18 Å². The summed E-state index contributed by atoms with van der Waals surface area (Å²) >= 11 is 0. The van der Waals surface area contributed by atoms with Crippen LogP contribution in [0, 0.1) is 21.4 Å². The molecular weight excluding hydrogens is 365 g/mol. The molecule has 0 unspecified atom stereocenters. The highest BCUT2D eigenvalue weighted by Crippen LogP contribution is 2.29. The van der Waals surface area contributed by atoms with E-state index in [2.05, 4.69) is 10.6 Å². The number of nitrogens with zero attached hydrogens (tertiary/aromatic N) is 2. The highest BCUT2D eigenvalue weighted by molar-refractivity contribution is 5.94. The maximum absolute atomic E-state index is 12.5. The maximum Gasteiger partial charge on any atom is 0.416 e. The lowest BCUT2D eigenvalue weighted by Crippen LogP contribution is -2.28. The monoisotopic (exact) mass is 378 g/mol. The lowest BCUT2D eigenvalue weighted by atomic mass is 10.1. The highest BCUT2D eigenvalue weighted by Gasteiger charge is 2.30. The number of nitro benzene ring substituents is 1. The number of benzene rings is 2. The molecule has 0 aliphatic carbocycles. The SMILES string of the molecule is N#Cc1cc([N+](=O)[O-])ccc1NCCNC(=O)c1ccc(C(F)(F)F)cc1. The first-order valence-electron chi connectivity index (χ1n) is 7.60. The number of carbonyl (C=O) groups is 1. The third-order valence-corrected chi connectivity index (χ3v) is 3.53. The molecule has 1 amide bonds. The molecule has 0 atom stereocenters. The number of hydrogen-bond donors (Lipinski definition) is 2. The summed E-state index contributed by atoms with van der Waals surface area (Å²) in [5.74, 6) is -0.547. The van der Waals surface area contributed by atoms with E-state index in [1.165, 1.54) is 12.1 Å². The van der Waals surface area contributed by atoms with Crippen molar-refractivity contribution in [2.45, 2.75) is 6.18 Å². The Labute approximate surface area is 151 Å². The van der Waals surface area contributed by atoms with Crippen LogP contribution in [0.25, 0.3) is 0 Å². The second-order valence-electron chi connectivity index (χ2n) is 5.36. The molecule has 0 fully saturated rings. The average Bonchev–Trinajstić information content (AvgIpc) is 2.64. The number of halogens is 3. The van der Waals surface area contributed by atoms with Gasteiger partial charge in [0.05, 0.1) is 21.7 Å². The number of amides is 1. The Morgan fingerprint density at radius 1 is 1.15 bits per heavy atom. The van der Waals surface area contributed by atoms with E-state index in [9.17, 15) is 28.1 Å². The van der Waals surface area contributed by atoms with Crippen LogP contribution < -0.4 is 10.6 Å². The molecule has 2 aromatic rings. The lowest BCUT2D eigenvalue weighted by Gasteiger charge is -2.10. The Bertz CT molecular complexity index is 890. The van der Waals surface area contributed by atoms with Crippen LogP contribution in [0.15, 0.2) is 42.5 Å². The van der Waals surface area contributed by atoms with Gasteiger partial charge in [0.2, 0.25) is 0 Å². The standard InChI is InChI=1S/C17H13F3N4O3/c18-17(19,20)13-3-1-11(2-4-13)16(25)23-8-7-22-15-6-5-14(24(26)27)9-12(15)10-21/h1-6,9,22H,7-8H2,(H,23,25). The van der Waals surface area contributed by atoms with Crippen LogP contribution in [0.1, 0.15) is 21.5 Å². The molecule has 2 N–H and O–H groups in total. The van der Waals surface area contributed by atoms with Crippen LogP contribution in [0.4, 0.5) is 24.5 Å². The van der Waals surface area contributed by atoms with E-state index in [1.54, 1.807) is 0 Å². The zero-order valence-corrected chi connectivity index (χ0v) is 13.7. The molecule has 27 heavy (non-hydrogen) atoms. The van der Waals surface area contributed by atoms with Gasteiger partial charge in [-0.2, -0.15) is 18.4 Å². The molecule has 2 rings (SSSR count). The van der Waals surface area contributed by atoms with Gasteiger partial charge in [0.25, 0.3) is 11.6 Å². The first-order valence-corrected chi connectivity index (χ1v) is 7.60. The maximum atomic E-state index is 12.5. The minimum atomic E-state index is -4.47. The molecule has 7 nitrogen and oxygen atoms in total. The second kappa shape index (κ2) is 8.18. The number of rotatable bonds is 6. The molecule has 0 heterocycles. The van der Waals surface area contributed by atoms with E-state index < -0.39 is 22.6 Å². The number of alkyl halides is 3. The summed E-state index contributed by atoms with van der Waals surface area (Å²) in [6.07, 6.45) is -4.47. The molecule has 0 saturated heterocycles. The number of anilines is 1. The molecule has 0 bridgehead atoms. The molecule has 0 radical (unpaired) electrons. The van der Waals surface area contributed by atoms with Crippen LogP contribution in [0.2, 0.25) is 0 Å². The van der Waals surface area contributed by atoms with Gasteiger partial charge in [-0.15, -0.1) is 0 Å². The fourth-order valence-corrected chi connectivity index (χ4v) is 2.18. The van der Waals surface area contributed by atoms with Gasteiger partial charge in [-0.3, -0.25) is 14.9 Å². The van der Waals surface area contributed by atoms with Gasteiger partial charge in [-0.05, 0) is 30.3 Å². The van der Waals surface area contributed by atoms with Crippen LogP contribution in [0.3, 0.4) is 0 Å². The number of nitriles is 1. The Hall–Kier alpha value is -3.61. The molecule has 0 saturated carbocycles. The third kappa shape index (κ3) is 5.18. The van der Waals surface area contributed by atoms with E-state index in [1.807, 2.05) is 6.07 Å². The topological polar surface area (TPSA) is 108 Å². The number of hydrogen-bond acceptors (Lipinski definition) is 5. The number of carbonyl (C=O) groups excluding carboxylic acids is 1. The summed E-state index contributed by atoms with van der Waals surface area (Å²) in [5, 5.41) is 25.1. The second-order valence-corrected chi connectivity index (χ2v) is 5.36. The van der Waals surface area contributed by atoms with Crippen molar-refractivity contribution in [1.29, 1.82) is 5.26 Å². The van der Waals surface area contributed by atoms with Gasteiger partial charge in [0, 0.05) is 30.8 Å². The molecule has 0 spiro atoms. The summed E-state index contributed by atoms with van der Waals surface area (Å²) in [6.45, 7) is 0.334. The van der Waals surface area contributed by atoms with Crippen LogP contribution in [-0.2, 0) is 6.18 Å². The Morgan fingerprint density at radius 3 is 2.37 bits per heavy atom. The van der Waals surface area contributed by atoms with Gasteiger partial charge in [-0.25, -0.2) is 0 Å². The number of nitro groups is 1. The van der Waals surface area contributed by atoms with Crippen molar-refractivity contribution in [3.63, 3.8) is 0 Å². The largest absolute Gasteiger partial charge is 0.416 e. The Morgan fingerprint density at radius 2 is 1.81 bits per heavy atom. The summed E-state index contributed by atoms with van der Waals surface area (Å²) in [4.78, 5) is 22.0. The first kappa shape index (κ1) is 19.7. The van der Waals surface area contributed by atoms with E-state index in [0.29, 0.717) is 5.69 Å². The average molecular weight is 378 g/mol. The van der Waals surface area contributed by atoms with Gasteiger partial charge in [0.15, 0.2) is 0 Å². The molecule has 140 valence electrons. The molecular formula is C17H13F3N4O3. The quantitative estimate of drug-likeness (QED) is 0.455. The minimum absolute atomic E-state index is 0.0797. The van der Waals surface area contributed by atoms with E-state index in [0.717, 1.165) is 30.3 Å². The van der Waals surface area contributed by atoms with Gasteiger partial charge < -0.3 is 10.6 Å². The zero-order chi connectivity index (χ0) is 20.0. The predicted octanol–water partition coefficient (Wildman–Crippen LogP) is 3.33. The minimum Gasteiger partial charge on any atom is -0.382 e. The Kier molecular flexibility index (Phi) is 5.97. The highest BCUT2D eigenvalue weighted by atomic mass is 19.4. The van der Waals surface area contributed by atoms with Crippen molar-refractivity contribution in [3.8, 4) is 6.07 Å². The number of nitrogens with one attached hydrogen (secondary N) is 2. The van der Waals surface area contributed by atoms with Crippen LogP contribution in [-0.4, -0.2) is 23.9 Å². The number of non-ortho nitro benzene ring substituents is 1. The van der Waals surface area contributed by atoms with Crippen molar-refractivity contribution < 1.29 is 22.9 Å². The third-order valence-electron chi connectivity index (χ3n) is 3.53. The Balaban J connectivity index is 1.89. The van der Waals surface area contributed by atoms with Gasteiger partial charge in [0.1, 0.15) is 6.07 Å². The molecule has 0 aliphatic heterocycles. The molecule has 0 aromatic heterocycles. The first-order chi connectivity index (χ1) is 12.7. The van der Waals surface area contributed by atoms with Crippen LogP contribution >= 0.6 is 0 Å². The van der Waals surface area contributed by atoms with E-state index >= 15 is 0 Å². The summed E-state index contributed by atoms with van der Waals surface area (Å²) in [7, 11) is 0. The van der Waals surface area contributed by atoms with Crippen molar-refractivity contribution >= 4 is 17.3 Å². The molecule has 2 aromatic carbocycles. The van der Waals surface area contributed by atoms with E-state index in [-0.39, 0.29) is 29.9 Å². The summed E-state index contributed by atoms with van der Waals surface area (Å²) in [5.41, 5.74) is -0.531. The van der Waals surface area contributed by atoms with Crippen molar-refractivity contribution in [2.75, 3.05) is 18.4 Å². The fraction of sp³-hybridized carbons (Fsp3) is 0.176. The smallest absolute Gasteiger partial charge is 0.382 e. The fourth-order valence-electron chi connectivity index (χ4n) is 2.18. The van der Waals surface area contributed by atoms with Crippen molar-refractivity contribution in [3.05, 3.63) is 69.3 Å². The zero-order valence-electron chi connectivity index (χ0n) is 13.7. The summed E-state index contributed by atoms with van der Waals surface area (Å²) in [6, 6.07) is 9.39. The van der Waals surface area contributed by atoms with E-state index in [4.69, 9.17) is 5.26 Å². The van der Waals surface area contributed by atoms with Crippen molar-refractivity contribution in [1.82, 2.24) is 5.32 Å². The summed E-state index contributed by atoms with van der Waals surface area (Å²) < 4.78 is 37.5. The van der Waals surface area contributed by atoms with Crippen LogP contribution in [0.5, 0.6) is 0 Å². The lowest BCUT2D eigenvalue weighted by molar-refractivity contribution is -0.384. The predicted molar refractivity (Wildman–Crippen MR) is 90.1 cm³/mol. The van der Waals surface area contributed by atoms with Gasteiger partial charge in [-0.1, -0.05) is 0 Å². The molecule has 10 heteroatoms. The normalized spacial score (nSPS) is 10.7.